The van der Waals surface area contributed by atoms with Crippen LogP contribution in [0.15, 0.2) is 4.99 Å². The Bertz CT molecular complexity index is 477. The van der Waals surface area contributed by atoms with Gasteiger partial charge in [-0.25, -0.2) is 8.42 Å². The van der Waals surface area contributed by atoms with Crippen LogP contribution in [-0.2, 0) is 14.6 Å². The summed E-state index contributed by atoms with van der Waals surface area (Å²) in [6.07, 6.45) is 2.63. The number of nitrogens with zero attached hydrogens (tertiary/aromatic N) is 3. The molecule has 1 aliphatic heterocycles. The fraction of sp³-hybridized carbons (Fsp3) is 0.933. The Hall–Kier alpha value is -0.860. The summed E-state index contributed by atoms with van der Waals surface area (Å²) >= 11 is 0. The third kappa shape index (κ3) is 7.05. The van der Waals surface area contributed by atoms with Crippen LogP contribution in [0, 0.1) is 5.92 Å². The predicted molar refractivity (Wildman–Crippen MR) is 92.6 cm³/mol. The molecule has 1 heterocycles. The summed E-state index contributed by atoms with van der Waals surface area (Å²) in [6, 6.07) is 0. The van der Waals surface area contributed by atoms with Crippen molar-refractivity contribution in [1.82, 2.24) is 15.1 Å². The summed E-state index contributed by atoms with van der Waals surface area (Å²) in [7, 11) is 0.981. The third-order valence-corrected chi connectivity index (χ3v) is 5.95. The second kappa shape index (κ2) is 8.84. The quantitative estimate of drug-likeness (QED) is 0.368. The van der Waals surface area contributed by atoms with Gasteiger partial charge in [-0.1, -0.05) is 0 Å². The summed E-state index contributed by atoms with van der Waals surface area (Å²) in [5.74, 6) is 2.20. The first-order valence-electron chi connectivity index (χ1n) is 8.42. The van der Waals surface area contributed by atoms with Gasteiger partial charge in [0.15, 0.2) is 15.8 Å². The zero-order valence-electron chi connectivity index (χ0n) is 14.3. The van der Waals surface area contributed by atoms with Crippen LogP contribution in [0.1, 0.15) is 12.8 Å². The molecule has 0 aromatic carbocycles. The molecule has 7 nitrogen and oxygen atoms in total. The summed E-state index contributed by atoms with van der Waals surface area (Å²) in [4.78, 5) is 8.53. The number of hydrogen-bond donors (Lipinski definition) is 1. The van der Waals surface area contributed by atoms with Crippen molar-refractivity contribution in [2.75, 3.05) is 71.5 Å². The number of sulfone groups is 1. The number of ether oxygens (including phenoxy) is 1. The number of nitrogens with one attached hydrogen (secondary N) is 1. The van der Waals surface area contributed by atoms with Crippen LogP contribution < -0.4 is 5.32 Å². The molecule has 1 saturated carbocycles. The zero-order valence-corrected chi connectivity index (χ0v) is 15.1. The van der Waals surface area contributed by atoms with Crippen molar-refractivity contribution >= 4 is 15.8 Å². The van der Waals surface area contributed by atoms with E-state index < -0.39 is 9.84 Å². The Balaban J connectivity index is 1.58. The highest BCUT2D eigenvalue weighted by Crippen LogP contribution is 2.28. The lowest BCUT2D eigenvalue weighted by Crippen LogP contribution is -2.46. The van der Waals surface area contributed by atoms with Crippen LogP contribution in [0.5, 0.6) is 0 Å². The first-order valence-corrected chi connectivity index (χ1v) is 10.2. The van der Waals surface area contributed by atoms with Gasteiger partial charge in [0.25, 0.3) is 0 Å². The van der Waals surface area contributed by atoms with Crippen molar-refractivity contribution in [3.05, 3.63) is 0 Å². The zero-order chi connectivity index (χ0) is 16.7. The van der Waals surface area contributed by atoms with E-state index in [1.54, 1.807) is 7.05 Å². The molecule has 2 aliphatic rings. The third-order valence-electron chi connectivity index (χ3n) is 4.34. The molecular weight excluding hydrogens is 316 g/mol. The molecule has 0 unspecified atom stereocenters. The predicted octanol–water partition coefficient (Wildman–Crippen LogP) is -0.349. The van der Waals surface area contributed by atoms with E-state index in [2.05, 4.69) is 20.1 Å². The number of aliphatic imine (C=N–C) groups is 1. The lowest BCUT2D eigenvalue weighted by molar-refractivity contribution is 0.115. The Morgan fingerprint density at radius 2 is 2.04 bits per heavy atom. The molecule has 2 fully saturated rings. The first-order chi connectivity index (χ1) is 11.0. The second-order valence-corrected chi connectivity index (χ2v) is 8.71. The second-order valence-electron chi connectivity index (χ2n) is 6.41. The molecule has 0 spiro atoms. The van der Waals surface area contributed by atoms with Gasteiger partial charge in [-0.15, -0.1) is 0 Å². The number of likely N-dealkylation sites (N-methyl/N-ethyl adjacent to an activating group) is 1. The molecule has 1 aliphatic carbocycles. The molecule has 0 aromatic rings. The molecule has 0 atom stereocenters. The van der Waals surface area contributed by atoms with Crippen molar-refractivity contribution in [3.63, 3.8) is 0 Å². The van der Waals surface area contributed by atoms with E-state index in [0.29, 0.717) is 13.1 Å². The largest absolute Gasteiger partial charge is 0.379 e. The van der Waals surface area contributed by atoms with E-state index in [4.69, 9.17) is 4.74 Å². The van der Waals surface area contributed by atoms with Gasteiger partial charge in [-0.2, -0.15) is 0 Å². The number of rotatable bonds is 8. The molecule has 0 aromatic heterocycles. The van der Waals surface area contributed by atoms with Gasteiger partial charge in [-0.3, -0.25) is 9.89 Å². The van der Waals surface area contributed by atoms with Gasteiger partial charge in [0.1, 0.15) is 0 Å². The van der Waals surface area contributed by atoms with Crippen LogP contribution in [0.4, 0.5) is 0 Å². The standard InChI is InChI=1S/C15H30N4O3S/c1-16-15(18(2)7-10-22-13-14-3-4-14)17-5-6-19-8-11-23(20,21)12-9-19/h14H,3-13H2,1-2H3,(H,16,17). The van der Waals surface area contributed by atoms with E-state index in [1.165, 1.54) is 12.8 Å². The lowest BCUT2D eigenvalue weighted by atomic mass is 10.4. The van der Waals surface area contributed by atoms with Crippen molar-refractivity contribution in [2.45, 2.75) is 12.8 Å². The van der Waals surface area contributed by atoms with Gasteiger partial charge < -0.3 is 15.0 Å². The average molecular weight is 346 g/mol. The molecule has 0 radical (unpaired) electrons. The highest BCUT2D eigenvalue weighted by atomic mass is 32.2. The Kier molecular flexibility index (Phi) is 7.10. The van der Waals surface area contributed by atoms with E-state index >= 15 is 0 Å². The van der Waals surface area contributed by atoms with Crippen molar-refractivity contribution in [2.24, 2.45) is 10.9 Å². The van der Waals surface area contributed by atoms with Gasteiger partial charge in [0.2, 0.25) is 0 Å². The van der Waals surface area contributed by atoms with Crippen LogP contribution in [0.3, 0.4) is 0 Å². The van der Waals surface area contributed by atoms with Crippen LogP contribution >= 0.6 is 0 Å². The van der Waals surface area contributed by atoms with E-state index in [1.807, 2.05) is 7.05 Å². The molecule has 2 rings (SSSR count). The van der Waals surface area contributed by atoms with E-state index in [0.717, 1.165) is 44.7 Å². The minimum atomic E-state index is -2.80. The molecule has 23 heavy (non-hydrogen) atoms. The smallest absolute Gasteiger partial charge is 0.193 e. The lowest BCUT2D eigenvalue weighted by Gasteiger charge is -2.28. The summed E-state index contributed by atoms with van der Waals surface area (Å²) < 4.78 is 28.5. The molecular formula is C15H30N4O3S. The summed E-state index contributed by atoms with van der Waals surface area (Å²) in [5.41, 5.74) is 0. The van der Waals surface area contributed by atoms with Crippen molar-refractivity contribution in [1.29, 1.82) is 0 Å². The van der Waals surface area contributed by atoms with Crippen LogP contribution in [0.2, 0.25) is 0 Å². The SMILES string of the molecule is CN=C(NCCN1CCS(=O)(=O)CC1)N(C)CCOCC1CC1. The van der Waals surface area contributed by atoms with Gasteiger partial charge in [0.05, 0.1) is 18.1 Å². The van der Waals surface area contributed by atoms with Crippen molar-refractivity contribution in [3.8, 4) is 0 Å². The Labute approximate surface area is 140 Å². The maximum absolute atomic E-state index is 11.4. The summed E-state index contributed by atoms with van der Waals surface area (Å²) in [5, 5.41) is 3.33. The highest BCUT2D eigenvalue weighted by molar-refractivity contribution is 7.91. The fourth-order valence-corrected chi connectivity index (χ4v) is 3.80. The highest BCUT2D eigenvalue weighted by Gasteiger charge is 2.22. The maximum Gasteiger partial charge on any atom is 0.193 e. The van der Waals surface area contributed by atoms with Gasteiger partial charge in [-0.05, 0) is 18.8 Å². The number of hydrogen-bond acceptors (Lipinski definition) is 5. The summed E-state index contributed by atoms with van der Waals surface area (Å²) in [6.45, 7) is 5.28. The topological polar surface area (TPSA) is 74.2 Å². The van der Waals surface area contributed by atoms with E-state index in [9.17, 15) is 8.42 Å². The Morgan fingerprint density at radius 3 is 2.65 bits per heavy atom. The normalized spacial score (nSPS) is 22.1. The molecule has 1 N–H and O–H groups in total. The monoisotopic (exact) mass is 346 g/mol. The van der Waals surface area contributed by atoms with E-state index in [-0.39, 0.29) is 11.5 Å². The molecule has 8 heteroatoms. The molecule has 134 valence electrons. The minimum Gasteiger partial charge on any atom is -0.379 e. The first kappa shape index (κ1) is 18.5. The molecule has 1 saturated heterocycles. The maximum atomic E-state index is 11.4. The minimum absolute atomic E-state index is 0.278. The molecule has 0 amide bonds. The van der Waals surface area contributed by atoms with Crippen LogP contribution in [0.25, 0.3) is 0 Å². The van der Waals surface area contributed by atoms with Gasteiger partial charge >= 0.3 is 0 Å². The molecule has 0 bridgehead atoms. The Morgan fingerprint density at radius 1 is 1.35 bits per heavy atom. The van der Waals surface area contributed by atoms with Crippen LogP contribution in [-0.4, -0.2) is 95.7 Å². The average Bonchev–Trinajstić information content (AvgIpc) is 3.33. The number of guanidine groups is 1. The van der Waals surface area contributed by atoms with Crippen molar-refractivity contribution < 1.29 is 13.2 Å². The van der Waals surface area contributed by atoms with Gasteiger partial charge in [0, 0.05) is 53.4 Å². The fourth-order valence-electron chi connectivity index (χ4n) is 2.53.